The lowest BCUT2D eigenvalue weighted by Gasteiger charge is -2.57. The summed E-state index contributed by atoms with van der Waals surface area (Å²) in [4.78, 5) is 62.1. The minimum absolute atomic E-state index is 0.340. The highest BCUT2D eigenvalue weighted by Gasteiger charge is 2.80. The number of phenolic OH excluding ortho intramolecular Hbond substituents is 1. The fourth-order valence-corrected chi connectivity index (χ4v) is 4.34. The molecule has 192 valence electrons. The molecule has 35 heavy (non-hydrogen) atoms. The molecule has 0 saturated carbocycles. The van der Waals surface area contributed by atoms with Crippen LogP contribution in [0.2, 0.25) is 0 Å². The average molecular weight is 496 g/mol. The van der Waals surface area contributed by atoms with E-state index in [-0.39, 0.29) is 0 Å². The maximum absolute atomic E-state index is 12.7. The van der Waals surface area contributed by atoms with Crippen molar-refractivity contribution in [1.82, 2.24) is 0 Å². The van der Waals surface area contributed by atoms with E-state index < -0.39 is 81.3 Å². The van der Waals surface area contributed by atoms with E-state index in [1.807, 2.05) is 0 Å². The fraction of sp³-hybridized carbons (Fsp3) is 0.522. The zero-order valence-corrected chi connectivity index (χ0v) is 20.0. The lowest BCUT2D eigenvalue weighted by molar-refractivity contribution is -0.358. The SMILES string of the molecule is CC(=O)c1c(O)cc(C)cc1O[C@@H]1O[C@H](C(O)C(C)=O)[C@](O)(C(C)=O)[C@@](O)(C(C)=O)[C@]1(O)C(C)=O. The van der Waals surface area contributed by atoms with Crippen molar-refractivity contribution in [3.8, 4) is 11.5 Å². The lowest BCUT2D eigenvalue weighted by Crippen LogP contribution is -2.87. The molecule has 1 saturated heterocycles. The summed E-state index contributed by atoms with van der Waals surface area (Å²) in [6, 6.07) is 2.42. The Balaban J connectivity index is 2.93. The molecule has 0 amide bonds. The van der Waals surface area contributed by atoms with Gasteiger partial charge in [-0.15, -0.1) is 0 Å². The number of benzene rings is 1. The highest BCUT2D eigenvalue weighted by atomic mass is 16.7. The van der Waals surface area contributed by atoms with Crippen molar-refractivity contribution < 1.29 is 59.0 Å². The molecular formula is C23H28O12. The second-order valence-corrected chi connectivity index (χ2v) is 8.69. The van der Waals surface area contributed by atoms with Crippen molar-refractivity contribution in [3.05, 3.63) is 23.3 Å². The number of ketones is 5. The number of rotatable bonds is 8. The molecule has 1 aliphatic rings. The van der Waals surface area contributed by atoms with Gasteiger partial charge < -0.3 is 35.0 Å². The van der Waals surface area contributed by atoms with Gasteiger partial charge in [-0.1, -0.05) is 0 Å². The van der Waals surface area contributed by atoms with Gasteiger partial charge in [0.2, 0.25) is 17.5 Å². The van der Waals surface area contributed by atoms with Crippen LogP contribution in [-0.4, -0.2) is 89.7 Å². The highest BCUT2D eigenvalue weighted by Crippen LogP contribution is 2.48. The first-order chi connectivity index (χ1) is 15.9. The molecule has 12 nitrogen and oxygen atoms in total. The Morgan fingerprint density at radius 1 is 0.914 bits per heavy atom. The predicted octanol–water partition coefficient (Wildman–Crippen LogP) is -1.08. The molecule has 0 radical (unpaired) electrons. The van der Waals surface area contributed by atoms with E-state index in [0.717, 1.165) is 13.8 Å². The van der Waals surface area contributed by atoms with Gasteiger partial charge in [0, 0.05) is 0 Å². The minimum atomic E-state index is -3.69. The van der Waals surface area contributed by atoms with Crippen molar-refractivity contribution in [1.29, 1.82) is 0 Å². The largest absolute Gasteiger partial charge is 0.507 e. The third-order valence-electron chi connectivity index (χ3n) is 6.22. The first-order valence-electron chi connectivity index (χ1n) is 10.4. The Kier molecular flexibility index (Phi) is 7.42. The molecule has 1 aliphatic heterocycles. The monoisotopic (exact) mass is 496 g/mol. The van der Waals surface area contributed by atoms with Crippen LogP contribution in [0.1, 0.15) is 50.5 Å². The summed E-state index contributed by atoms with van der Waals surface area (Å²) in [5.41, 5.74) is -10.8. The summed E-state index contributed by atoms with van der Waals surface area (Å²) in [7, 11) is 0. The van der Waals surface area contributed by atoms with Crippen molar-refractivity contribution >= 4 is 28.9 Å². The van der Waals surface area contributed by atoms with E-state index in [0.29, 0.717) is 26.3 Å². The number of ether oxygens (including phenoxy) is 2. The molecule has 1 fully saturated rings. The van der Waals surface area contributed by atoms with Gasteiger partial charge in [-0.05, 0) is 59.2 Å². The number of hydrogen-bond acceptors (Lipinski definition) is 12. The number of aromatic hydroxyl groups is 1. The van der Waals surface area contributed by atoms with Crippen LogP contribution in [0.5, 0.6) is 11.5 Å². The third kappa shape index (κ3) is 3.96. The van der Waals surface area contributed by atoms with E-state index in [2.05, 4.69) is 0 Å². The van der Waals surface area contributed by atoms with Crippen molar-refractivity contribution in [3.63, 3.8) is 0 Å². The molecule has 1 unspecified atom stereocenters. The summed E-state index contributed by atoms with van der Waals surface area (Å²) in [6.07, 6.45) is -7.21. The van der Waals surface area contributed by atoms with Gasteiger partial charge in [0.1, 0.15) is 29.3 Å². The number of carbonyl (C=O) groups is 5. The van der Waals surface area contributed by atoms with E-state index in [1.54, 1.807) is 0 Å². The first kappa shape index (κ1) is 28.2. The van der Waals surface area contributed by atoms with E-state index >= 15 is 0 Å². The maximum Gasteiger partial charge on any atom is 0.240 e. The van der Waals surface area contributed by atoms with Gasteiger partial charge in [0.15, 0.2) is 34.5 Å². The summed E-state index contributed by atoms with van der Waals surface area (Å²) < 4.78 is 10.9. The molecule has 0 spiro atoms. The molecule has 1 aromatic rings. The second kappa shape index (κ2) is 9.21. The minimum Gasteiger partial charge on any atom is -0.507 e. The topological polar surface area (TPSA) is 205 Å². The molecule has 5 N–H and O–H groups in total. The smallest absolute Gasteiger partial charge is 0.240 e. The van der Waals surface area contributed by atoms with Crippen LogP contribution in [0.25, 0.3) is 0 Å². The van der Waals surface area contributed by atoms with Gasteiger partial charge in [-0.2, -0.15) is 0 Å². The summed E-state index contributed by atoms with van der Waals surface area (Å²) in [5.74, 6) is -7.11. The fourth-order valence-electron chi connectivity index (χ4n) is 4.34. The van der Waals surface area contributed by atoms with Gasteiger partial charge in [0.25, 0.3) is 0 Å². The van der Waals surface area contributed by atoms with Crippen LogP contribution in [0.15, 0.2) is 12.1 Å². The molecule has 1 aromatic carbocycles. The molecule has 1 heterocycles. The maximum atomic E-state index is 12.7. The normalized spacial score (nSPS) is 31.4. The zero-order chi connectivity index (χ0) is 27.3. The number of carbonyl (C=O) groups excluding carboxylic acids is 5. The van der Waals surface area contributed by atoms with Crippen LogP contribution >= 0.6 is 0 Å². The van der Waals surface area contributed by atoms with Crippen LogP contribution < -0.4 is 4.74 Å². The average Bonchev–Trinajstić information content (AvgIpc) is 2.71. The van der Waals surface area contributed by atoms with Gasteiger partial charge in [-0.3, -0.25) is 24.0 Å². The summed E-state index contributed by atoms with van der Waals surface area (Å²) >= 11 is 0. The summed E-state index contributed by atoms with van der Waals surface area (Å²) in [6.45, 7) is 5.47. The zero-order valence-electron chi connectivity index (χ0n) is 20.0. The van der Waals surface area contributed by atoms with Crippen LogP contribution in [0.4, 0.5) is 0 Å². The Hall–Kier alpha value is -3.03. The molecule has 2 rings (SSSR count). The number of aliphatic hydroxyl groups is 4. The van der Waals surface area contributed by atoms with Gasteiger partial charge in [-0.25, -0.2) is 0 Å². The van der Waals surface area contributed by atoms with Crippen molar-refractivity contribution in [2.75, 3.05) is 0 Å². The van der Waals surface area contributed by atoms with E-state index in [1.165, 1.54) is 19.1 Å². The number of phenols is 1. The number of Topliss-reactive ketones (excluding diaryl/α,β-unsaturated/α-hetero) is 5. The Labute approximate surface area is 200 Å². The third-order valence-corrected chi connectivity index (χ3v) is 6.22. The lowest BCUT2D eigenvalue weighted by atomic mass is 9.60. The first-order valence-corrected chi connectivity index (χ1v) is 10.4. The Morgan fingerprint density at radius 2 is 1.43 bits per heavy atom. The number of hydrogen-bond donors (Lipinski definition) is 5. The van der Waals surface area contributed by atoms with E-state index in [4.69, 9.17) is 9.47 Å². The molecule has 0 aliphatic carbocycles. The molecule has 12 heteroatoms. The van der Waals surface area contributed by atoms with Gasteiger partial charge in [0.05, 0.1) is 0 Å². The molecule has 0 aromatic heterocycles. The summed E-state index contributed by atoms with van der Waals surface area (Å²) in [5, 5.41) is 54.9. The van der Waals surface area contributed by atoms with Crippen LogP contribution in [-0.2, 0) is 23.9 Å². The second-order valence-electron chi connectivity index (χ2n) is 8.69. The molecular weight excluding hydrogens is 468 g/mol. The number of aliphatic hydroxyl groups excluding tert-OH is 1. The molecule has 6 atom stereocenters. The van der Waals surface area contributed by atoms with Crippen LogP contribution in [0.3, 0.4) is 0 Å². The van der Waals surface area contributed by atoms with Gasteiger partial charge >= 0.3 is 0 Å². The van der Waals surface area contributed by atoms with Crippen molar-refractivity contribution in [2.24, 2.45) is 0 Å². The van der Waals surface area contributed by atoms with Crippen LogP contribution in [0, 0.1) is 6.92 Å². The van der Waals surface area contributed by atoms with E-state index in [9.17, 15) is 49.5 Å². The Bertz CT molecular complexity index is 1110. The number of aryl methyl sites for hydroxylation is 1. The highest BCUT2D eigenvalue weighted by molar-refractivity contribution is 6.06. The quantitative estimate of drug-likeness (QED) is 0.273. The predicted molar refractivity (Wildman–Crippen MR) is 116 cm³/mol. The van der Waals surface area contributed by atoms with Crippen molar-refractivity contribution in [2.45, 2.75) is 76.8 Å². The Morgan fingerprint density at radius 3 is 1.83 bits per heavy atom. The molecule has 0 bridgehead atoms. The standard InChI is InChI=1S/C23H28O12/c1-9-7-15(29)17(10(2)24)16(8-9)34-20-22(32,13(5)27)23(33,14(6)28)21(31,12(4)26)19(35-20)18(30)11(3)25/h7-8,18-20,29-33H,1-6H3/t18?,19-,20-,21-,22+,23+/m1/s1.